The highest BCUT2D eigenvalue weighted by Crippen LogP contribution is 2.30. The molecule has 1 amide bonds. The number of methoxy groups -OCH3 is 2. The van der Waals surface area contributed by atoms with E-state index in [0.717, 1.165) is 49.5 Å². The quantitative estimate of drug-likeness (QED) is 0.768. The zero-order valence-electron chi connectivity index (χ0n) is 17.4. The Hall–Kier alpha value is -2.73. The van der Waals surface area contributed by atoms with Crippen LogP contribution in [0.4, 0.5) is 5.69 Å². The fourth-order valence-electron chi connectivity index (χ4n) is 3.90. The molecule has 1 aliphatic heterocycles. The van der Waals surface area contributed by atoms with Crippen LogP contribution in [0.1, 0.15) is 31.7 Å². The average molecular weight is 399 g/mol. The number of phenols is 1. The molecular formula is C23H30N2O4. The summed E-state index contributed by atoms with van der Waals surface area (Å²) in [6.45, 7) is 4.52. The number of phenolic OH excluding ortho intramolecular Hbond substituents is 1. The highest BCUT2D eigenvalue weighted by Gasteiger charge is 2.28. The molecule has 1 N–H and O–H groups in total. The molecule has 0 spiro atoms. The first-order valence-corrected chi connectivity index (χ1v) is 10.1. The van der Waals surface area contributed by atoms with E-state index in [9.17, 15) is 9.90 Å². The van der Waals surface area contributed by atoms with Crippen molar-refractivity contribution in [3.05, 3.63) is 48.0 Å². The number of hydrogen-bond donors (Lipinski definition) is 1. The average Bonchev–Trinajstić information content (AvgIpc) is 2.76. The summed E-state index contributed by atoms with van der Waals surface area (Å²) in [5.74, 6) is 1.55. The molecule has 6 heteroatoms. The molecule has 0 atom stereocenters. The van der Waals surface area contributed by atoms with Gasteiger partial charge < -0.3 is 19.5 Å². The molecule has 1 saturated heterocycles. The number of nitrogens with zero attached hydrogens (tertiary/aromatic N) is 2. The number of hydrogen-bond acceptors (Lipinski definition) is 5. The van der Waals surface area contributed by atoms with Gasteiger partial charge in [0.1, 0.15) is 5.75 Å². The predicted molar refractivity (Wildman–Crippen MR) is 114 cm³/mol. The van der Waals surface area contributed by atoms with E-state index in [4.69, 9.17) is 9.47 Å². The van der Waals surface area contributed by atoms with E-state index >= 15 is 0 Å². The van der Waals surface area contributed by atoms with E-state index in [0.29, 0.717) is 12.2 Å². The molecule has 0 aliphatic carbocycles. The van der Waals surface area contributed by atoms with Crippen LogP contribution in [0.3, 0.4) is 0 Å². The van der Waals surface area contributed by atoms with Crippen LogP contribution >= 0.6 is 0 Å². The summed E-state index contributed by atoms with van der Waals surface area (Å²) in [4.78, 5) is 17.0. The lowest BCUT2D eigenvalue weighted by Gasteiger charge is -2.38. The minimum Gasteiger partial charge on any atom is -0.504 e. The zero-order valence-corrected chi connectivity index (χ0v) is 17.4. The van der Waals surface area contributed by atoms with E-state index in [2.05, 4.69) is 4.90 Å². The van der Waals surface area contributed by atoms with Crippen molar-refractivity contribution in [1.82, 2.24) is 4.90 Å². The first-order valence-electron chi connectivity index (χ1n) is 10.1. The second kappa shape index (κ2) is 9.65. The maximum atomic E-state index is 12.7. The van der Waals surface area contributed by atoms with E-state index in [1.807, 2.05) is 48.2 Å². The van der Waals surface area contributed by atoms with Gasteiger partial charge in [-0.1, -0.05) is 19.1 Å². The lowest BCUT2D eigenvalue weighted by atomic mass is 10.0. The SMILES string of the molecule is CCC(=O)N(c1cccc(OC)c1)C1CCN(Cc2ccc(O)c(OC)c2)CC1. The van der Waals surface area contributed by atoms with Crippen molar-refractivity contribution in [1.29, 1.82) is 0 Å². The fraction of sp³-hybridized carbons (Fsp3) is 0.435. The van der Waals surface area contributed by atoms with Crippen LogP contribution in [-0.2, 0) is 11.3 Å². The maximum Gasteiger partial charge on any atom is 0.226 e. The van der Waals surface area contributed by atoms with Crippen LogP contribution in [-0.4, -0.2) is 49.3 Å². The molecule has 0 unspecified atom stereocenters. The van der Waals surface area contributed by atoms with Gasteiger partial charge in [-0.15, -0.1) is 0 Å². The molecule has 156 valence electrons. The topological polar surface area (TPSA) is 62.2 Å². The van der Waals surface area contributed by atoms with E-state index in [1.54, 1.807) is 20.3 Å². The van der Waals surface area contributed by atoms with Gasteiger partial charge in [0.25, 0.3) is 0 Å². The van der Waals surface area contributed by atoms with Gasteiger partial charge in [0, 0.05) is 43.9 Å². The number of aromatic hydroxyl groups is 1. The molecule has 1 fully saturated rings. The minimum absolute atomic E-state index is 0.139. The molecule has 2 aromatic rings. The third kappa shape index (κ3) is 5.01. The highest BCUT2D eigenvalue weighted by molar-refractivity contribution is 5.94. The van der Waals surface area contributed by atoms with E-state index in [1.165, 1.54) is 0 Å². The van der Waals surface area contributed by atoms with Crippen LogP contribution in [0.5, 0.6) is 17.2 Å². The summed E-state index contributed by atoms with van der Waals surface area (Å²) < 4.78 is 10.5. The Morgan fingerprint density at radius 2 is 1.90 bits per heavy atom. The highest BCUT2D eigenvalue weighted by atomic mass is 16.5. The van der Waals surface area contributed by atoms with Gasteiger partial charge >= 0.3 is 0 Å². The summed E-state index contributed by atoms with van der Waals surface area (Å²) in [6.07, 6.45) is 2.31. The lowest BCUT2D eigenvalue weighted by molar-refractivity contribution is -0.119. The van der Waals surface area contributed by atoms with Gasteiger partial charge in [0.15, 0.2) is 11.5 Å². The Balaban J connectivity index is 1.67. The van der Waals surface area contributed by atoms with Gasteiger partial charge in [-0.2, -0.15) is 0 Å². The van der Waals surface area contributed by atoms with Crippen LogP contribution < -0.4 is 14.4 Å². The number of amides is 1. The minimum atomic E-state index is 0.139. The van der Waals surface area contributed by atoms with Crippen molar-refractivity contribution >= 4 is 11.6 Å². The number of ether oxygens (including phenoxy) is 2. The van der Waals surface area contributed by atoms with Gasteiger partial charge in [-0.3, -0.25) is 9.69 Å². The first kappa shape index (κ1) is 21.0. The number of carbonyl (C=O) groups excluding carboxylic acids is 1. The van der Waals surface area contributed by atoms with Crippen molar-refractivity contribution in [2.24, 2.45) is 0 Å². The molecule has 0 saturated carbocycles. The Morgan fingerprint density at radius 1 is 1.14 bits per heavy atom. The number of piperidine rings is 1. The summed E-state index contributed by atoms with van der Waals surface area (Å²) in [5, 5.41) is 9.77. The molecule has 6 nitrogen and oxygen atoms in total. The van der Waals surface area contributed by atoms with Gasteiger partial charge in [-0.25, -0.2) is 0 Å². The number of likely N-dealkylation sites (tertiary alicyclic amines) is 1. The summed E-state index contributed by atoms with van der Waals surface area (Å²) in [6, 6.07) is 13.4. The van der Waals surface area contributed by atoms with Gasteiger partial charge in [0.2, 0.25) is 5.91 Å². The predicted octanol–water partition coefficient (Wildman–Crippen LogP) is 3.82. The van der Waals surface area contributed by atoms with Crippen molar-refractivity contribution in [3.63, 3.8) is 0 Å². The summed E-state index contributed by atoms with van der Waals surface area (Å²) in [5.41, 5.74) is 2.00. The molecule has 0 aromatic heterocycles. The first-order chi connectivity index (χ1) is 14.0. The number of benzene rings is 2. The molecule has 0 bridgehead atoms. The van der Waals surface area contributed by atoms with E-state index < -0.39 is 0 Å². The summed E-state index contributed by atoms with van der Waals surface area (Å²) in [7, 11) is 3.20. The van der Waals surface area contributed by atoms with Crippen molar-refractivity contribution in [3.8, 4) is 17.2 Å². The molecule has 3 rings (SSSR count). The fourth-order valence-corrected chi connectivity index (χ4v) is 3.90. The van der Waals surface area contributed by atoms with E-state index in [-0.39, 0.29) is 17.7 Å². The van der Waals surface area contributed by atoms with Gasteiger partial charge in [0.05, 0.1) is 14.2 Å². The zero-order chi connectivity index (χ0) is 20.8. The van der Waals surface area contributed by atoms with Crippen molar-refractivity contribution < 1.29 is 19.4 Å². The van der Waals surface area contributed by atoms with Crippen LogP contribution in [0.15, 0.2) is 42.5 Å². The van der Waals surface area contributed by atoms with Crippen LogP contribution in [0.25, 0.3) is 0 Å². The standard InChI is InChI=1S/C23H30N2O4/c1-4-23(27)25(19-6-5-7-20(15-19)28-2)18-10-12-24(13-11-18)16-17-8-9-21(26)22(14-17)29-3/h5-9,14-15,18,26H,4,10-13,16H2,1-3H3. The maximum absolute atomic E-state index is 12.7. The number of rotatable bonds is 7. The lowest BCUT2D eigenvalue weighted by Crippen LogP contribution is -2.47. The Morgan fingerprint density at radius 3 is 2.55 bits per heavy atom. The number of anilines is 1. The molecule has 0 radical (unpaired) electrons. The Kier molecular flexibility index (Phi) is 6.99. The van der Waals surface area contributed by atoms with Crippen LogP contribution in [0.2, 0.25) is 0 Å². The molecule has 2 aromatic carbocycles. The molecule has 1 aliphatic rings. The third-order valence-electron chi connectivity index (χ3n) is 5.48. The Labute approximate surface area is 172 Å². The van der Waals surface area contributed by atoms with Crippen molar-refractivity contribution in [2.75, 3.05) is 32.2 Å². The molecular weight excluding hydrogens is 368 g/mol. The Bertz CT molecular complexity index is 831. The van der Waals surface area contributed by atoms with Crippen molar-refractivity contribution in [2.45, 2.75) is 38.8 Å². The largest absolute Gasteiger partial charge is 0.504 e. The smallest absolute Gasteiger partial charge is 0.226 e. The second-order valence-corrected chi connectivity index (χ2v) is 7.33. The second-order valence-electron chi connectivity index (χ2n) is 7.33. The number of carbonyl (C=O) groups is 1. The normalized spacial score (nSPS) is 15.1. The molecule has 29 heavy (non-hydrogen) atoms. The third-order valence-corrected chi connectivity index (χ3v) is 5.48. The van der Waals surface area contributed by atoms with Crippen LogP contribution in [0, 0.1) is 0 Å². The van der Waals surface area contributed by atoms with Gasteiger partial charge in [-0.05, 0) is 42.7 Å². The summed E-state index contributed by atoms with van der Waals surface area (Å²) >= 11 is 0. The molecule has 1 heterocycles. The monoisotopic (exact) mass is 398 g/mol.